The van der Waals surface area contributed by atoms with Crippen LogP contribution in [0.5, 0.6) is 0 Å². The first-order valence-electron chi connectivity index (χ1n) is 8.79. The van der Waals surface area contributed by atoms with Gasteiger partial charge in [0, 0.05) is 20.2 Å². The van der Waals surface area contributed by atoms with Crippen LogP contribution in [-0.2, 0) is 6.54 Å². The molecule has 1 saturated carbocycles. The Kier molecular flexibility index (Phi) is 5.53. The lowest BCUT2D eigenvalue weighted by atomic mass is 9.82. The minimum Gasteiger partial charge on any atom is -0.396 e. The summed E-state index contributed by atoms with van der Waals surface area (Å²) in [4.78, 5) is 21.2. The largest absolute Gasteiger partial charge is 0.396 e. The molecule has 1 aliphatic carbocycles. The van der Waals surface area contributed by atoms with Crippen molar-refractivity contribution in [3.63, 3.8) is 0 Å². The fourth-order valence-electron chi connectivity index (χ4n) is 3.39. The quantitative estimate of drug-likeness (QED) is 0.777. The third-order valence-corrected chi connectivity index (χ3v) is 4.99. The molecular weight excluding hydrogens is 323 g/mol. The van der Waals surface area contributed by atoms with Gasteiger partial charge in [-0.2, -0.15) is 0 Å². The van der Waals surface area contributed by atoms with Crippen molar-refractivity contribution in [3.8, 4) is 0 Å². The van der Waals surface area contributed by atoms with Gasteiger partial charge in [0.25, 0.3) is 0 Å². The number of aromatic amines is 1. The molecule has 0 saturated heterocycles. The molecule has 0 unspecified atom stereocenters. The van der Waals surface area contributed by atoms with E-state index in [1.165, 1.54) is 12.1 Å². The summed E-state index contributed by atoms with van der Waals surface area (Å²) in [5.41, 5.74) is 1.32. The number of carbonyl (C=O) groups is 1. The zero-order chi connectivity index (χ0) is 17.8. The summed E-state index contributed by atoms with van der Waals surface area (Å²) in [5, 5.41) is 12.1. The number of aliphatic hydroxyl groups excluding tert-OH is 1. The second-order valence-electron chi connectivity index (χ2n) is 6.96. The van der Waals surface area contributed by atoms with Crippen molar-refractivity contribution in [2.24, 2.45) is 11.8 Å². The minimum absolute atomic E-state index is 0.143. The van der Waals surface area contributed by atoms with Crippen LogP contribution in [0.2, 0.25) is 0 Å². The molecule has 2 aromatic rings. The maximum absolute atomic E-state index is 13.2. The fraction of sp³-hybridized carbons (Fsp3) is 0.556. The molecule has 1 aromatic carbocycles. The van der Waals surface area contributed by atoms with Gasteiger partial charge in [-0.05, 0) is 55.7 Å². The van der Waals surface area contributed by atoms with Crippen LogP contribution in [0.1, 0.15) is 31.5 Å². The van der Waals surface area contributed by atoms with Crippen LogP contribution >= 0.6 is 0 Å². The molecule has 6 nitrogen and oxygen atoms in total. The summed E-state index contributed by atoms with van der Waals surface area (Å²) >= 11 is 0. The lowest BCUT2D eigenvalue weighted by Gasteiger charge is -2.28. The molecule has 0 radical (unpaired) electrons. The minimum atomic E-state index is -0.315. The lowest BCUT2D eigenvalue weighted by molar-refractivity contribution is 0.163. The van der Waals surface area contributed by atoms with E-state index in [9.17, 15) is 9.18 Å². The Labute approximate surface area is 146 Å². The van der Waals surface area contributed by atoms with Crippen molar-refractivity contribution >= 4 is 17.1 Å². The monoisotopic (exact) mass is 348 g/mol. The smallest absolute Gasteiger partial charge is 0.317 e. The van der Waals surface area contributed by atoms with Gasteiger partial charge in [0.2, 0.25) is 0 Å². The van der Waals surface area contributed by atoms with Crippen molar-refractivity contribution < 1.29 is 14.3 Å². The number of halogens is 1. The van der Waals surface area contributed by atoms with Crippen molar-refractivity contribution in [3.05, 3.63) is 29.8 Å². The summed E-state index contributed by atoms with van der Waals surface area (Å²) in [6, 6.07) is 4.24. The summed E-state index contributed by atoms with van der Waals surface area (Å²) in [5.74, 6) is 1.22. The van der Waals surface area contributed by atoms with Crippen LogP contribution in [0, 0.1) is 17.7 Å². The lowest BCUT2D eigenvalue weighted by Crippen LogP contribution is -2.40. The summed E-state index contributed by atoms with van der Waals surface area (Å²) in [7, 11) is 1.71. The molecule has 136 valence electrons. The van der Waals surface area contributed by atoms with Crippen LogP contribution in [0.4, 0.5) is 9.18 Å². The molecule has 1 heterocycles. The van der Waals surface area contributed by atoms with E-state index in [1.807, 2.05) is 0 Å². The van der Waals surface area contributed by atoms with Gasteiger partial charge in [-0.3, -0.25) is 0 Å². The average Bonchev–Trinajstić information content (AvgIpc) is 3.01. The van der Waals surface area contributed by atoms with E-state index in [-0.39, 0.29) is 18.5 Å². The number of benzene rings is 1. The van der Waals surface area contributed by atoms with E-state index in [1.54, 1.807) is 18.0 Å². The number of aromatic nitrogens is 2. The molecule has 0 bridgehead atoms. The molecule has 25 heavy (non-hydrogen) atoms. The second kappa shape index (κ2) is 7.82. The third kappa shape index (κ3) is 4.48. The number of fused-ring (bicyclic) bond motifs is 1. The second-order valence-corrected chi connectivity index (χ2v) is 6.96. The van der Waals surface area contributed by atoms with Gasteiger partial charge in [-0.25, -0.2) is 14.2 Å². The Morgan fingerprint density at radius 2 is 2.08 bits per heavy atom. The summed E-state index contributed by atoms with van der Waals surface area (Å²) in [6.07, 6.45) is 4.15. The van der Waals surface area contributed by atoms with Gasteiger partial charge in [-0.1, -0.05) is 0 Å². The summed E-state index contributed by atoms with van der Waals surface area (Å²) < 4.78 is 13.2. The highest BCUT2D eigenvalue weighted by molar-refractivity contribution is 5.76. The van der Waals surface area contributed by atoms with Gasteiger partial charge < -0.3 is 20.3 Å². The molecule has 0 spiro atoms. The fourth-order valence-corrected chi connectivity index (χ4v) is 3.39. The molecule has 3 N–H and O–H groups in total. The van der Waals surface area contributed by atoms with E-state index >= 15 is 0 Å². The van der Waals surface area contributed by atoms with E-state index in [4.69, 9.17) is 5.11 Å². The molecule has 7 heteroatoms. The Hall–Kier alpha value is -2.15. The number of rotatable bonds is 5. The van der Waals surface area contributed by atoms with Crippen LogP contribution in [0.25, 0.3) is 11.0 Å². The topological polar surface area (TPSA) is 81.2 Å². The van der Waals surface area contributed by atoms with E-state index in [0.717, 1.165) is 25.7 Å². The Balaban J connectivity index is 1.48. The van der Waals surface area contributed by atoms with Crippen LogP contribution < -0.4 is 5.32 Å². The average molecular weight is 348 g/mol. The predicted octanol–water partition coefficient (Wildman–Crippen LogP) is 2.64. The van der Waals surface area contributed by atoms with E-state index in [2.05, 4.69) is 15.3 Å². The predicted molar refractivity (Wildman–Crippen MR) is 93.5 cm³/mol. The standard InChI is InChI=1S/C18H25FN4O2/c1-23(10-17-21-15-7-6-14(19)8-16(15)22-17)18(25)20-9-12-2-4-13(11-24)5-3-12/h6-8,12-13,24H,2-5,9-11H2,1H3,(H,20,25)(H,21,22). The number of carbonyl (C=O) groups excluding carboxylic acids is 1. The van der Waals surface area contributed by atoms with E-state index in [0.29, 0.717) is 41.8 Å². The molecule has 1 aliphatic rings. The maximum atomic E-state index is 13.2. The van der Waals surface area contributed by atoms with Crippen molar-refractivity contribution in [1.29, 1.82) is 0 Å². The maximum Gasteiger partial charge on any atom is 0.317 e. The number of amides is 2. The SMILES string of the molecule is CN(Cc1nc2ccc(F)cc2[nH]1)C(=O)NCC1CCC(CO)CC1. The van der Waals surface area contributed by atoms with E-state index < -0.39 is 0 Å². The van der Waals surface area contributed by atoms with Gasteiger partial charge >= 0.3 is 6.03 Å². The van der Waals surface area contributed by atoms with Gasteiger partial charge in [0.15, 0.2) is 0 Å². The zero-order valence-electron chi connectivity index (χ0n) is 14.5. The number of nitrogens with one attached hydrogen (secondary N) is 2. The third-order valence-electron chi connectivity index (χ3n) is 4.99. The molecule has 1 fully saturated rings. The number of imidazole rings is 1. The Morgan fingerprint density at radius 3 is 2.80 bits per heavy atom. The molecule has 0 aliphatic heterocycles. The normalized spacial score (nSPS) is 20.6. The molecule has 2 amide bonds. The molecule has 1 aromatic heterocycles. The van der Waals surface area contributed by atoms with Gasteiger partial charge in [-0.15, -0.1) is 0 Å². The summed E-state index contributed by atoms with van der Waals surface area (Å²) in [6.45, 7) is 1.26. The molecular formula is C18H25FN4O2. The molecule has 0 atom stereocenters. The van der Waals surface area contributed by atoms with Gasteiger partial charge in [0.05, 0.1) is 17.6 Å². The first-order chi connectivity index (χ1) is 12.0. The van der Waals surface area contributed by atoms with Gasteiger partial charge in [0.1, 0.15) is 11.6 Å². The number of hydrogen-bond acceptors (Lipinski definition) is 3. The number of urea groups is 1. The van der Waals surface area contributed by atoms with Crippen LogP contribution in [0.3, 0.4) is 0 Å². The first-order valence-corrected chi connectivity index (χ1v) is 8.79. The van der Waals surface area contributed by atoms with Crippen LogP contribution in [0.15, 0.2) is 18.2 Å². The number of H-pyrrole nitrogens is 1. The first kappa shape index (κ1) is 17.7. The Bertz CT molecular complexity index is 725. The molecule has 3 rings (SSSR count). The van der Waals surface area contributed by atoms with Crippen molar-refractivity contribution in [2.45, 2.75) is 32.2 Å². The van der Waals surface area contributed by atoms with Crippen LogP contribution in [-0.4, -0.2) is 46.2 Å². The number of aliphatic hydroxyl groups is 1. The zero-order valence-corrected chi connectivity index (χ0v) is 14.5. The number of nitrogens with zero attached hydrogens (tertiary/aromatic N) is 2. The Morgan fingerprint density at radius 1 is 1.36 bits per heavy atom. The van der Waals surface area contributed by atoms with Crippen molar-refractivity contribution in [1.82, 2.24) is 20.2 Å². The highest BCUT2D eigenvalue weighted by Crippen LogP contribution is 2.27. The number of hydrogen-bond donors (Lipinski definition) is 3. The highest BCUT2D eigenvalue weighted by Gasteiger charge is 2.21. The van der Waals surface area contributed by atoms with Crippen molar-refractivity contribution in [2.75, 3.05) is 20.2 Å². The highest BCUT2D eigenvalue weighted by atomic mass is 19.1.